The van der Waals surface area contributed by atoms with Crippen molar-refractivity contribution in [1.82, 2.24) is 15.2 Å². The summed E-state index contributed by atoms with van der Waals surface area (Å²) in [7, 11) is 0. The number of nitrogens with zero attached hydrogens (tertiary/aromatic N) is 1. The van der Waals surface area contributed by atoms with Crippen LogP contribution in [0.15, 0.2) is 16.9 Å². The second-order valence-corrected chi connectivity index (χ2v) is 5.74. The molecule has 0 bridgehead atoms. The van der Waals surface area contributed by atoms with Crippen molar-refractivity contribution in [2.45, 2.75) is 39.2 Å². The molecule has 0 saturated carbocycles. The van der Waals surface area contributed by atoms with Gasteiger partial charge in [0.15, 0.2) is 0 Å². The van der Waals surface area contributed by atoms with Gasteiger partial charge in [-0.3, -0.25) is 14.4 Å². The summed E-state index contributed by atoms with van der Waals surface area (Å²) >= 11 is 0. The molecule has 1 aliphatic heterocycles. The van der Waals surface area contributed by atoms with Gasteiger partial charge in [0, 0.05) is 42.9 Å². The van der Waals surface area contributed by atoms with Crippen LogP contribution in [0.3, 0.4) is 0 Å². The maximum atomic E-state index is 12.6. The number of pyridine rings is 1. The van der Waals surface area contributed by atoms with E-state index in [1.165, 1.54) is 6.07 Å². The van der Waals surface area contributed by atoms with Crippen LogP contribution in [-0.2, 0) is 4.79 Å². The Kier molecular flexibility index (Phi) is 4.45. The minimum Gasteiger partial charge on any atom is -0.354 e. The molecule has 1 fully saturated rings. The predicted molar refractivity (Wildman–Crippen MR) is 79.3 cm³/mol. The summed E-state index contributed by atoms with van der Waals surface area (Å²) < 4.78 is 0. The molecule has 6 nitrogen and oxygen atoms in total. The highest BCUT2D eigenvalue weighted by molar-refractivity contribution is 5.95. The summed E-state index contributed by atoms with van der Waals surface area (Å²) in [5.74, 6) is -0.117. The van der Waals surface area contributed by atoms with Crippen LogP contribution in [0.4, 0.5) is 0 Å². The molecular weight excluding hydrogens is 270 g/mol. The van der Waals surface area contributed by atoms with E-state index in [0.717, 1.165) is 5.69 Å². The predicted octanol–water partition coefficient (Wildman–Crippen LogP) is 0.849. The van der Waals surface area contributed by atoms with Crippen molar-refractivity contribution in [2.24, 2.45) is 0 Å². The van der Waals surface area contributed by atoms with E-state index in [-0.39, 0.29) is 35.8 Å². The largest absolute Gasteiger partial charge is 0.354 e. The molecule has 1 saturated heterocycles. The Morgan fingerprint density at radius 2 is 2.05 bits per heavy atom. The van der Waals surface area contributed by atoms with Crippen LogP contribution in [-0.4, -0.2) is 40.8 Å². The van der Waals surface area contributed by atoms with E-state index in [1.807, 2.05) is 20.8 Å². The Hall–Kier alpha value is -2.11. The maximum absolute atomic E-state index is 12.6. The van der Waals surface area contributed by atoms with E-state index in [0.29, 0.717) is 18.7 Å². The van der Waals surface area contributed by atoms with Gasteiger partial charge in [-0.25, -0.2) is 0 Å². The highest BCUT2D eigenvalue weighted by Crippen LogP contribution is 2.15. The molecule has 1 aromatic rings. The Balaban J connectivity index is 2.30. The summed E-state index contributed by atoms with van der Waals surface area (Å²) in [5, 5.41) is 2.75. The molecule has 1 atom stereocenters. The fourth-order valence-electron chi connectivity index (χ4n) is 2.45. The average Bonchev–Trinajstić information content (AvgIpc) is 2.57. The van der Waals surface area contributed by atoms with Gasteiger partial charge < -0.3 is 15.2 Å². The lowest BCUT2D eigenvalue weighted by Gasteiger charge is -2.26. The number of carbonyl (C=O) groups is 2. The third-order valence-electron chi connectivity index (χ3n) is 3.68. The SMILES string of the molecule is CC(C)c1cc(C(=O)N2CCNC(=O)CC2C)cc(=O)[nH]1. The van der Waals surface area contributed by atoms with Crippen LogP contribution < -0.4 is 10.9 Å². The monoisotopic (exact) mass is 291 g/mol. The molecule has 0 aliphatic carbocycles. The highest BCUT2D eigenvalue weighted by Gasteiger charge is 2.26. The number of amides is 2. The summed E-state index contributed by atoms with van der Waals surface area (Å²) in [6.07, 6.45) is 0.284. The van der Waals surface area contributed by atoms with E-state index in [2.05, 4.69) is 10.3 Å². The lowest BCUT2D eigenvalue weighted by atomic mass is 10.1. The summed E-state index contributed by atoms with van der Waals surface area (Å²) in [6.45, 7) is 6.65. The third-order valence-corrected chi connectivity index (χ3v) is 3.68. The van der Waals surface area contributed by atoms with Gasteiger partial charge in [0.05, 0.1) is 0 Å². The Labute approximate surface area is 123 Å². The molecule has 1 unspecified atom stereocenters. The number of hydrogen-bond donors (Lipinski definition) is 2. The van der Waals surface area contributed by atoms with Crippen molar-refractivity contribution in [2.75, 3.05) is 13.1 Å². The molecule has 0 spiro atoms. The summed E-state index contributed by atoms with van der Waals surface area (Å²) in [6, 6.07) is 2.87. The third kappa shape index (κ3) is 3.51. The molecule has 0 aromatic carbocycles. The standard InChI is InChI=1S/C15H21N3O3/c1-9(2)12-7-11(8-14(20)17-12)15(21)18-5-4-16-13(19)6-10(18)3/h7-10H,4-6H2,1-3H3,(H,16,19)(H,17,20). The second-order valence-electron chi connectivity index (χ2n) is 5.74. The maximum Gasteiger partial charge on any atom is 0.254 e. The van der Waals surface area contributed by atoms with E-state index < -0.39 is 0 Å². The molecule has 1 aromatic heterocycles. The van der Waals surface area contributed by atoms with E-state index in [1.54, 1.807) is 11.0 Å². The zero-order valence-electron chi connectivity index (χ0n) is 12.6. The van der Waals surface area contributed by atoms with Crippen LogP contribution in [0.2, 0.25) is 0 Å². The van der Waals surface area contributed by atoms with Gasteiger partial charge in [-0.1, -0.05) is 13.8 Å². The lowest BCUT2D eigenvalue weighted by molar-refractivity contribution is -0.121. The molecule has 2 rings (SSSR count). The van der Waals surface area contributed by atoms with Crippen LogP contribution in [0, 0.1) is 0 Å². The number of H-pyrrole nitrogens is 1. The number of carbonyl (C=O) groups excluding carboxylic acids is 2. The molecule has 2 amide bonds. The minimum atomic E-state index is -0.277. The van der Waals surface area contributed by atoms with E-state index in [4.69, 9.17) is 0 Å². The molecule has 21 heavy (non-hydrogen) atoms. The van der Waals surface area contributed by atoms with Gasteiger partial charge in [0.2, 0.25) is 11.5 Å². The smallest absolute Gasteiger partial charge is 0.254 e. The number of aromatic nitrogens is 1. The van der Waals surface area contributed by atoms with Gasteiger partial charge in [0.1, 0.15) is 0 Å². The van der Waals surface area contributed by atoms with E-state index in [9.17, 15) is 14.4 Å². The molecule has 6 heteroatoms. The lowest BCUT2D eigenvalue weighted by Crippen LogP contribution is -2.40. The number of aromatic amines is 1. The average molecular weight is 291 g/mol. The van der Waals surface area contributed by atoms with Crippen LogP contribution in [0.25, 0.3) is 0 Å². The van der Waals surface area contributed by atoms with Crippen LogP contribution in [0.1, 0.15) is 49.2 Å². The molecule has 0 radical (unpaired) electrons. The normalized spacial score (nSPS) is 19.3. The first kappa shape index (κ1) is 15.3. The van der Waals surface area contributed by atoms with Gasteiger partial charge in [-0.2, -0.15) is 0 Å². The minimum absolute atomic E-state index is 0.0495. The molecule has 2 heterocycles. The zero-order valence-corrected chi connectivity index (χ0v) is 12.6. The summed E-state index contributed by atoms with van der Waals surface area (Å²) in [4.78, 5) is 40.2. The first-order chi connectivity index (χ1) is 9.88. The number of rotatable bonds is 2. The van der Waals surface area contributed by atoms with Crippen molar-refractivity contribution >= 4 is 11.8 Å². The fourth-order valence-corrected chi connectivity index (χ4v) is 2.45. The van der Waals surface area contributed by atoms with Crippen molar-refractivity contribution in [3.8, 4) is 0 Å². The van der Waals surface area contributed by atoms with Crippen molar-refractivity contribution in [3.63, 3.8) is 0 Å². The first-order valence-electron chi connectivity index (χ1n) is 7.20. The van der Waals surface area contributed by atoms with Crippen molar-refractivity contribution in [1.29, 1.82) is 0 Å². The molecule has 2 N–H and O–H groups in total. The van der Waals surface area contributed by atoms with Gasteiger partial charge in [-0.05, 0) is 18.9 Å². The first-order valence-corrected chi connectivity index (χ1v) is 7.20. The van der Waals surface area contributed by atoms with Crippen molar-refractivity contribution < 1.29 is 9.59 Å². The quantitative estimate of drug-likeness (QED) is 0.847. The summed E-state index contributed by atoms with van der Waals surface area (Å²) in [5.41, 5.74) is 0.840. The second kappa shape index (κ2) is 6.11. The Morgan fingerprint density at radius 1 is 1.33 bits per heavy atom. The Bertz CT molecular complexity index is 606. The van der Waals surface area contributed by atoms with E-state index >= 15 is 0 Å². The van der Waals surface area contributed by atoms with Gasteiger partial charge in [-0.15, -0.1) is 0 Å². The van der Waals surface area contributed by atoms with Gasteiger partial charge in [0.25, 0.3) is 5.91 Å². The number of nitrogens with one attached hydrogen (secondary N) is 2. The topological polar surface area (TPSA) is 82.3 Å². The van der Waals surface area contributed by atoms with Crippen LogP contribution in [0.5, 0.6) is 0 Å². The van der Waals surface area contributed by atoms with Gasteiger partial charge >= 0.3 is 0 Å². The van der Waals surface area contributed by atoms with Crippen molar-refractivity contribution in [3.05, 3.63) is 33.7 Å². The molecular formula is C15H21N3O3. The number of hydrogen-bond acceptors (Lipinski definition) is 3. The zero-order chi connectivity index (χ0) is 15.6. The Morgan fingerprint density at radius 3 is 2.71 bits per heavy atom. The molecule has 114 valence electrons. The highest BCUT2D eigenvalue weighted by atomic mass is 16.2. The molecule has 1 aliphatic rings. The fraction of sp³-hybridized carbons (Fsp3) is 0.533. The van der Waals surface area contributed by atoms with Crippen LogP contribution >= 0.6 is 0 Å².